The normalized spacial score (nSPS) is 18.8. The SMILES string of the molecule is Cc1cc(C(N)=O)c(NCC[C@@H]2CCCOC2)nc1C. The molecule has 1 aliphatic heterocycles. The number of carbonyl (C=O) groups excluding carboxylic acids is 1. The van der Waals surface area contributed by atoms with Crippen LogP contribution < -0.4 is 11.1 Å². The van der Waals surface area contributed by atoms with Gasteiger partial charge in [0.15, 0.2) is 0 Å². The molecule has 0 aromatic carbocycles. The molecular weight excluding hydrogens is 254 g/mol. The van der Waals surface area contributed by atoms with Crippen LogP contribution in [0, 0.1) is 19.8 Å². The Kier molecular flexibility index (Phi) is 4.95. The first-order chi connectivity index (χ1) is 9.58. The van der Waals surface area contributed by atoms with Crippen LogP contribution in [0.2, 0.25) is 0 Å². The van der Waals surface area contributed by atoms with Crippen molar-refractivity contribution >= 4 is 11.7 Å². The predicted octanol–water partition coefficient (Wildman–Crippen LogP) is 2.03. The van der Waals surface area contributed by atoms with Gasteiger partial charge in [0, 0.05) is 25.5 Å². The number of ether oxygens (including phenoxy) is 1. The van der Waals surface area contributed by atoms with Crippen LogP contribution in [-0.4, -0.2) is 30.6 Å². The maximum atomic E-state index is 11.5. The minimum atomic E-state index is -0.441. The summed E-state index contributed by atoms with van der Waals surface area (Å²) in [6.07, 6.45) is 3.37. The van der Waals surface area contributed by atoms with E-state index in [1.807, 2.05) is 13.8 Å². The minimum absolute atomic E-state index is 0.441. The van der Waals surface area contributed by atoms with Gasteiger partial charge in [-0.2, -0.15) is 0 Å². The Bertz CT molecular complexity index is 482. The molecule has 2 heterocycles. The summed E-state index contributed by atoms with van der Waals surface area (Å²) < 4.78 is 5.46. The molecule has 1 saturated heterocycles. The largest absolute Gasteiger partial charge is 0.381 e. The highest BCUT2D eigenvalue weighted by atomic mass is 16.5. The Morgan fingerprint density at radius 3 is 3.00 bits per heavy atom. The quantitative estimate of drug-likeness (QED) is 0.863. The highest BCUT2D eigenvalue weighted by Gasteiger charge is 2.15. The lowest BCUT2D eigenvalue weighted by molar-refractivity contribution is 0.0530. The van der Waals surface area contributed by atoms with E-state index in [2.05, 4.69) is 10.3 Å². The fourth-order valence-electron chi connectivity index (χ4n) is 2.46. The fourth-order valence-corrected chi connectivity index (χ4v) is 2.46. The monoisotopic (exact) mass is 277 g/mol. The van der Waals surface area contributed by atoms with Crippen LogP contribution in [0.4, 0.5) is 5.82 Å². The molecule has 110 valence electrons. The molecule has 0 spiro atoms. The molecule has 0 radical (unpaired) electrons. The van der Waals surface area contributed by atoms with E-state index >= 15 is 0 Å². The third-order valence-corrected chi connectivity index (χ3v) is 3.83. The van der Waals surface area contributed by atoms with Crippen molar-refractivity contribution in [2.75, 3.05) is 25.1 Å². The summed E-state index contributed by atoms with van der Waals surface area (Å²) in [5.41, 5.74) is 7.77. The molecule has 0 bridgehead atoms. The Hall–Kier alpha value is -1.62. The van der Waals surface area contributed by atoms with Crippen LogP contribution in [0.25, 0.3) is 0 Å². The maximum Gasteiger partial charge on any atom is 0.252 e. The second kappa shape index (κ2) is 6.70. The van der Waals surface area contributed by atoms with Crippen molar-refractivity contribution in [2.45, 2.75) is 33.1 Å². The van der Waals surface area contributed by atoms with E-state index in [9.17, 15) is 4.79 Å². The van der Waals surface area contributed by atoms with Crippen LogP contribution in [0.3, 0.4) is 0 Å². The molecule has 20 heavy (non-hydrogen) atoms. The lowest BCUT2D eigenvalue weighted by Crippen LogP contribution is -2.21. The number of amides is 1. The van der Waals surface area contributed by atoms with Crippen molar-refractivity contribution in [3.63, 3.8) is 0 Å². The van der Waals surface area contributed by atoms with Crippen LogP contribution in [0.15, 0.2) is 6.07 Å². The molecule has 0 aliphatic carbocycles. The van der Waals surface area contributed by atoms with E-state index in [1.54, 1.807) is 6.07 Å². The lowest BCUT2D eigenvalue weighted by atomic mass is 9.99. The number of rotatable bonds is 5. The number of anilines is 1. The van der Waals surface area contributed by atoms with Gasteiger partial charge in [-0.15, -0.1) is 0 Å². The van der Waals surface area contributed by atoms with Crippen molar-refractivity contribution in [3.8, 4) is 0 Å². The third kappa shape index (κ3) is 3.70. The van der Waals surface area contributed by atoms with E-state index in [-0.39, 0.29) is 0 Å². The molecule has 1 amide bonds. The van der Waals surface area contributed by atoms with E-state index in [0.717, 1.165) is 43.9 Å². The predicted molar refractivity (Wildman–Crippen MR) is 78.9 cm³/mol. The van der Waals surface area contributed by atoms with Crippen molar-refractivity contribution < 1.29 is 9.53 Å². The molecule has 5 heteroatoms. The second-order valence-electron chi connectivity index (χ2n) is 5.45. The summed E-state index contributed by atoms with van der Waals surface area (Å²) in [5, 5.41) is 3.24. The molecule has 1 aliphatic rings. The van der Waals surface area contributed by atoms with Gasteiger partial charge >= 0.3 is 0 Å². The van der Waals surface area contributed by atoms with Crippen LogP contribution in [-0.2, 0) is 4.74 Å². The zero-order chi connectivity index (χ0) is 14.5. The number of nitrogens with zero attached hydrogens (tertiary/aromatic N) is 1. The van der Waals surface area contributed by atoms with Gasteiger partial charge in [-0.05, 0) is 50.7 Å². The Balaban J connectivity index is 1.97. The molecule has 1 aromatic heterocycles. The second-order valence-corrected chi connectivity index (χ2v) is 5.45. The average molecular weight is 277 g/mol. The van der Waals surface area contributed by atoms with Gasteiger partial charge in [0.2, 0.25) is 0 Å². The molecule has 5 nitrogen and oxygen atoms in total. The van der Waals surface area contributed by atoms with Gasteiger partial charge in [-0.1, -0.05) is 0 Å². The number of pyridine rings is 1. The van der Waals surface area contributed by atoms with Crippen molar-refractivity contribution in [1.29, 1.82) is 0 Å². The van der Waals surface area contributed by atoms with Gasteiger partial charge in [-0.25, -0.2) is 4.98 Å². The number of aryl methyl sites for hydroxylation is 2. The number of nitrogens with two attached hydrogens (primary N) is 1. The third-order valence-electron chi connectivity index (χ3n) is 3.83. The maximum absolute atomic E-state index is 11.5. The molecule has 1 atom stereocenters. The molecule has 0 saturated carbocycles. The standard InChI is InChI=1S/C15H23N3O2/c1-10-8-13(14(16)19)15(18-11(10)2)17-6-5-12-4-3-7-20-9-12/h8,12H,3-7,9H2,1-2H3,(H2,16,19)(H,17,18)/t12-/m0/s1. The summed E-state index contributed by atoms with van der Waals surface area (Å²) in [6.45, 7) is 6.36. The van der Waals surface area contributed by atoms with Crippen LogP contribution in [0.1, 0.15) is 40.9 Å². The smallest absolute Gasteiger partial charge is 0.252 e. The van der Waals surface area contributed by atoms with Crippen LogP contribution >= 0.6 is 0 Å². The first kappa shape index (κ1) is 14.8. The van der Waals surface area contributed by atoms with Crippen molar-refractivity contribution in [3.05, 3.63) is 22.9 Å². The number of nitrogens with one attached hydrogen (secondary N) is 1. The van der Waals surface area contributed by atoms with E-state index < -0.39 is 5.91 Å². The zero-order valence-electron chi connectivity index (χ0n) is 12.2. The number of hydrogen-bond acceptors (Lipinski definition) is 4. The molecule has 3 N–H and O–H groups in total. The van der Waals surface area contributed by atoms with Crippen molar-refractivity contribution in [1.82, 2.24) is 4.98 Å². The van der Waals surface area contributed by atoms with E-state index in [0.29, 0.717) is 17.3 Å². The highest BCUT2D eigenvalue weighted by molar-refractivity contribution is 5.97. The van der Waals surface area contributed by atoms with E-state index in [4.69, 9.17) is 10.5 Å². The lowest BCUT2D eigenvalue weighted by Gasteiger charge is -2.22. The molecule has 1 fully saturated rings. The molecule has 0 unspecified atom stereocenters. The number of carbonyl (C=O) groups is 1. The average Bonchev–Trinajstić information content (AvgIpc) is 2.43. The number of aromatic nitrogens is 1. The molecule has 1 aromatic rings. The highest BCUT2D eigenvalue weighted by Crippen LogP contribution is 2.19. The van der Waals surface area contributed by atoms with Gasteiger partial charge in [0.05, 0.1) is 5.56 Å². The Morgan fingerprint density at radius 1 is 1.55 bits per heavy atom. The Labute approximate surface area is 119 Å². The van der Waals surface area contributed by atoms with Gasteiger partial charge in [0.1, 0.15) is 5.82 Å². The summed E-state index contributed by atoms with van der Waals surface area (Å²) in [6, 6.07) is 1.80. The summed E-state index contributed by atoms with van der Waals surface area (Å²) in [5.74, 6) is 0.751. The summed E-state index contributed by atoms with van der Waals surface area (Å²) in [4.78, 5) is 15.9. The van der Waals surface area contributed by atoms with Gasteiger partial charge < -0.3 is 15.8 Å². The Morgan fingerprint density at radius 2 is 2.35 bits per heavy atom. The van der Waals surface area contributed by atoms with Crippen molar-refractivity contribution in [2.24, 2.45) is 11.7 Å². The van der Waals surface area contributed by atoms with E-state index in [1.165, 1.54) is 6.42 Å². The summed E-state index contributed by atoms with van der Waals surface area (Å²) >= 11 is 0. The molecule has 2 rings (SSSR count). The van der Waals surface area contributed by atoms with Gasteiger partial charge in [-0.3, -0.25) is 4.79 Å². The summed E-state index contributed by atoms with van der Waals surface area (Å²) in [7, 11) is 0. The first-order valence-corrected chi connectivity index (χ1v) is 7.17. The van der Waals surface area contributed by atoms with Crippen LogP contribution in [0.5, 0.6) is 0 Å². The number of hydrogen-bond donors (Lipinski definition) is 2. The minimum Gasteiger partial charge on any atom is -0.381 e. The first-order valence-electron chi connectivity index (χ1n) is 7.17. The van der Waals surface area contributed by atoms with Gasteiger partial charge in [0.25, 0.3) is 5.91 Å². The number of primary amides is 1. The fraction of sp³-hybridized carbons (Fsp3) is 0.600. The molecular formula is C15H23N3O2. The zero-order valence-corrected chi connectivity index (χ0v) is 12.2. The topological polar surface area (TPSA) is 77.2 Å².